The van der Waals surface area contributed by atoms with Crippen molar-refractivity contribution >= 4 is 11.3 Å². The number of hydrogen-bond acceptors (Lipinski definition) is 3. The van der Waals surface area contributed by atoms with Gasteiger partial charge in [-0.05, 0) is 57.4 Å². The van der Waals surface area contributed by atoms with Gasteiger partial charge in [0.15, 0.2) is 0 Å². The van der Waals surface area contributed by atoms with Gasteiger partial charge in [-0.1, -0.05) is 6.07 Å². The van der Waals surface area contributed by atoms with E-state index in [1.807, 2.05) is 11.3 Å². The molecule has 2 nitrogen and oxygen atoms in total. The molecule has 2 heterocycles. The standard InChI is InChI=1S/C16H26N2S/c1-12(9-15-5-4-8-19-15)18-11-16(3,14-6-7-14)17-10-13(18)2/h4-5,8,12-14,17H,6-7,9-11H2,1-3H3. The molecule has 3 unspecified atom stereocenters. The smallest absolute Gasteiger partial charge is 0.0309 e. The highest BCUT2D eigenvalue weighted by Crippen LogP contribution is 2.41. The first-order valence-corrected chi connectivity index (χ1v) is 8.49. The molecule has 0 radical (unpaired) electrons. The maximum atomic E-state index is 3.81. The lowest BCUT2D eigenvalue weighted by atomic mass is 9.90. The minimum atomic E-state index is 0.357. The van der Waals surface area contributed by atoms with Gasteiger partial charge in [0.1, 0.15) is 0 Å². The molecule has 1 aromatic heterocycles. The zero-order valence-corrected chi connectivity index (χ0v) is 13.2. The Hall–Kier alpha value is -0.380. The summed E-state index contributed by atoms with van der Waals surface area (Å²) in [6, 6.07) is 5.74. The van der Waals surface area contributed by atoms with Crippen LogP contribution in [0.25, 0.3) is 0 Å². The Bertz CT molecular complexity index is 412. The third-order valence-electron chi connectivity index (χ3n) is 5.00. The predicted molar refractivity (Wildman–Crippen MR) is 82.8 cm³/mol. The Balaban J connectivity index is 1.67. The van der Waals surface area contributed by atoms with Crippen LogP contribution in [0.1, 0.15) is 38.5 Å². The van der Waals surface area contributed by atoms with E-state index < -0.39 is 0 Å². The fraction of sp³-hybridized carbons (Fsp3) is 0.750. The molecule has 0 aromatic carbocycles. The molecule has 3 heteroatoms. The summed E-state index contributed by atoms with van der Waals surface area (Å²) in [5.41, 5.74) is 0.357. The Kier molecular flexibility index (Phi) is 3.71. The summed E-state index contributed by atoms with van der Waals surface area (Å²) in [5.74, 6) is 0.913. The van der Waals surface area contributed by atoms with E-state index in [2.05, 4.69) is 48.5 Å². The Labute approximate surface area is 121 Å². The molecule has 1 aliphatic heterocycles. The molecule has 1 saturated heterocycles. The second-order valence-electron chi connectivity index (χ2n) is 6.73. The monoisotopic (exact) mass is 278 g/mol. The summed E-state index contributed by atoms with van der Waals surface area (Å²) in [5, 5.41) is 6.00. The minimum absolute atomic E-state index is 0.357. The van der Waals surface area contributed by atoms with Gasteiger partial charge in [0.25, 0.3) is 0 Å². The van der Waals surface area contributed by atoms with E-state index in [0.717, 1.165) is 12.5 Å². The molecule has 1 aliphatic carbocycles. The quantitative estimate of drug-likeness (QED) is 0.910. The number of piperazine rings is 1. The molecule has 2 fully saturated rings. The van der Waals surface area contributed by atoms with E-state index in [4.69, 9.17) is 0 Å². The molecule has 19 heavy (non-hydrogen) atoms. The number of nitrogens with one attached hydrogen (secondary N) is 1. The van der Waals surface area contributed by atoms with Crippen molar-refractivity contribution in [3.05, 3.63) is 22.4 Å². The average molecular weight is 278 g/mol. The molecule has 1 saturated carbocycles. The van der Waals surface area contributed by atoms with Gasteiger partial charge in [-0.2, -0.15) is 0 Å². The molecule has 3 atom stereocenters. The number of nitrogens with zero attached hydrogens (tertiary/aromatic N) is 1. The van der Waals surface area contributed by atoms with Crippen LogP contribution in [0.4, 0.5) is 0 Å². The van der Waals surface area contributed by atoms with Crippen LogP contribution in [-0.4, -0.2) is 35.6 Å². The number of thiophene rings is 1. The second kappa shape index (κ2) is 5.19. The molecule has 2 aliphatic rings. The van der Waals surface area contributed by atoms with Gasteiger partial charge < -0.3 is 5.32 Å². The highest BCUT2D eigenvalue weighted by atomic mass is 32.1. The highest BCUT2D eigenvalue weighted by Gasteiger charge is 2.45. The van der Waals surface area contributed by atoms with Crippen molar-refractivity contribution in [3.8, 4) is 0 Å². The second-order valence-corrected chi connectivity index (χ2v) is 7.76. The summed E-state index contributed by atoms with van der Waals surface area (Å²) in [4.78, 5) is 4.25. The van der Waals surface area contributed by atoms with E-state index in [9.17, 15) is 0 Å². The number of rotatable bonds is 4. The topological polar surface area (TPSA) is 15.3 Å². The lowest BCUT2D eigenvalue weighted by molar-refractivity contribution is 0.0524. The largest absolute Gasteiger partial charge is 0.308 e. The summed E-state index contributed by atoms with van der Waals surface area (Å²) < 4.78 is 0. The maximum Gasteiger partial charge on any atom is 0.0309 e. The zero-order chi connectivity index (χ0) is 13.5. The van der Waals surface area contributed by atoms with Gasteiger partial charge in [0.05, 0.1) is 0 Å². The normalized spacial score (nSPS) is 34.4. The maximum absolute atomic E-state index is 3.81. The van der Waals surface area contributed by atoms with Gasteiger partial charge >= 0.3 is 0 Å². The molecule has 1 N–H and O–H groups in total. The third-order valence-corrected chi connectivity index (χ3v) is 5.90. The van der Waals surface area contributed by atoms with Crippen molar-refractivity contribution in [2.45, 2.75) is 57.7 Å². The molecular weight excluding hydrogens is 252 g/mol. The molecular formula is C16H26N2S. The first-order chi connectivity index (χ1) is 9.08. The first-order valence-electron chi connectivity index (χ1n) is 7.61. The van der Waals surface area contributed by atoms with Crippen LogP contribution >= 0.6 is 11.3 Å². The van der Waals surface area contributed by atoms with Crippen LogP contribution in [0.15, 0.2) is 17.5 Å². The lowest BCUT2D eigenvalue weighted by Crippen LogP contribution is -2.65. The van der Waals surface area contributed by atoms with Crippen LogP contribution in [0, 0.1) is 5.92 Å². The van der Waals surface area contributed by atoms with E-state index >= 15 is 0 Å². The Morgan fingerprint density at radius 2 is 2.32 bits per heavy atom. The van der Waals surface area contributed by atoms with Gasteiger partial charge in [0.2, 0.25) is 0 Å². The van der Waals surface area contributed by atoms with Crippen LogP contribution in [-0.2, 0) is 6.42 Å². The fourth-order valence-electron chi connectivity index (χ4n) is 3.51. The van der Waals surface area contributed by atoms with Crippen LogP contribution in [0.5, 0.6) is 0 Å². The van der Waals surface area contributed by atoms with Crippen molar-refractivity contribution < 1.29 is 0 Å². The van der Waals surface area contributed by atoms with E-state index in [1.165, 1.54) is 30.7 Å². The van der Waals surface area contributed by atoms with Gasteiger partial charge in [-0.15, -0.1) is 11.3 Å². The molecule has 0 bridgehead atoms. The van der Waals surface area contributed by atoms with Gasteiger partial charge in [-0.25, -0.2) is 0 Å². The molecule has 1 aromatic rings. The van der Waals surface area contributed by atoms with Crippen LogP contribution < -0.4 is 5.32 Å². The minimum Gasteiger partial charge on any atom is -0.308 e. The van der Waals surface area contributed by atoms with Gasteiger partial charge in [-0.3, -0.25) is 4.90 Å². The lowest BCUT2D eigenvalue weighted by Gasteiger charge is -2.48. The van der Waals surface area contributed by atoms with Crippen molar-refractivity contribution in [3.63, 3.8) is 0 Å². The highest BCUT2D eigenvalue weighted by molar-refractivity contribution is 7.09. The average Bonchev–Trinajstić information content (AvgIpc) is 3.13. The van der Waals surface area contributed by atoms with Crippen molar-refractivity contribution in [2.24, 2.45) is 5.92 Å². The van der Waals surface area contributed by atoms with E-state index in [-0.39, 0.29) is 0 Å². The van der Waals surface area contributed by atoms with Crippen LogP contribution in [0.3, 0.4) is 0 Å². The SMILES string of the molecule is CC1CNC(C)(C2CC2)CN1C(C)Cc1cccs1. The van der Waals surface area contributed by atoms with Gasteiger partial charge in [0, 0.05) is 35.6 Å². The molecule has 3 rings (SSSR count). The Morgan fingerprint density at radius 1 is 1.53 bits per heavy atom. The summed E-state index contributed by atoms with van der Waals surface area (Å²) in [7, 11) is 0. The van der Waals surface area contributed by atoms with E-state index in [1.54, 1.807) is 0 Å². The summed E-state index contributed by atoms with van der Waals surface area (Å²) in [6.07, 6.45) is 4.04. The molecule has 0 amide bonds. The van der Waals surface area contributed by atoms with E-state index in [0.29, 0.717) is 17.6 Å². The molecule has 0 spiro atoms. The Morgan fingerprint density at radius 3 is 2.95 bits per heavy atom. The zero-order valence-electron chi connectivity index (χ0n) is 12.4. The predicted octanol–water partition coefficient (Wildman–Crippen LogP) is 3.14. The third kappa shape index (κ3) is 2.88. The van der Waals surface area contributed by atoms with Crippen LogP contribution in [0.2, 0.25) is 0 Å². The fourth-order valence-corrected chi connectivity index (χ4v) is 4.34. The van der Waals surface area contributed by atoms with Crippen molar-refractivity contribution in [2.75, 3.05) is 13.1 Å². The summed E-state index contributed by atoms with van der Waals surface area (Å²) in [6.45, 7) is 9.55. The number of hydrogen-bond donors (Lipinski definition) is 1. The van der Waals surface area contributed by atoms with Crippen molar-refractivity contribution in [1.82, 2.24) is 10.2 Å². The first kappa shape index (κ1) is 13.6. The molecule has 106 valence electrons. The summed E-state index contributed by atoms with van der Waals surface area (Å²) >= 11 is 1.89. The van der Waals surface area contributed by atoms with Crippen molar-refractivity contribution in [1.29, 1.82) is 0 Å².